The fraction of sp³-hybridized carbons (Fsp3) is 0.976. The van der Waals surface area contributed by atoms with Crippen LogP contribution in [0.5, 0.6) is 0 Å². The van der Waals surface area contributed by atoms with Gasteiger partial charge in [-0.3, -0.25) is 4.79 Å². The predicted molar refractivity (Wildman–Crippen MR) is 204 cm³/mol. The predicted octanol–water partition coefficient (Wildman–Crippen LogP) is 6.97. The third-order valence-electron chi connectivity index (χ3n) is 10.6. The molecule has 0 bridgehead atoms. The van der Waals surface area contributed by atoms with Crippen LogP contribution in [0.2, 0.25) is 0 Å². The Morgan fingerprint density at radius 1 is 0.588 bits per heavy atom. The van der Waals surface area contributed by atoms with Crippen molar-refractivity contribution in [3.63, 3.8) is 0 Å². The largest absolute Gasteiger partial charge is 0.394 e. The van der Waals surface area contributed by atoms with Crippen LogP contribution in [0.15, 0.2) is 0 Å². The molecule has 1 fully saturated rings. The van der Waals surface area contributed by atoms with Gasteiger partial charge in [-0.15, -0.1) is 0 Å². The van der Waals surface area contributed by atoms with Crippen LogP contribution in [0.3, 0.4) is 0 Å². The maximum atomic E-state index is 13.0. The lowest BCUT2D eigenvalue weighted by atomic mass is 9.99. The van der Waals surface area contributed by atoms with Crippen LogP contribution < -0.4 is 5.32 Å². The molecule has 8 unspecified atom stereocenters. The summed E-state index contributed by atoms with van der Waals surface area (Å²) >= 11 is 0. The summed E-state index contributed by atoms with van der Waals surface area (Å²) in [5.74, 6) is -0.583. The number of carbonyl (C=O) groups excluding carboxylic acids is 1. The van der Waals surface area contributed by atoms with E-state index in [2.05, 4.69) is 19.2 Å². The Hall–Kier alpha value is -0.850. The molecule has 0 saturated carbocycles. The molecule has 8 atom stereocenters. The fourth-order valence-electron chi connectivity index (χ4n) is 6.99. The van der Waals surface area contributed by atoms with E-state index in [1.54, 1.807) is 0 Å². The first-order valence-electron chi connectivity index (χ1n) is 21.3. The monoisotopic (exact) mass is 732 g/mol. The molecule has 51 heavy (non-hydrogen) atoms. The van der Waals surface area contributed by atoms with Gasteiger partial charge in [-0.25, -0.2) is 0 Å². The first kappa shape index (κ1) is 48.2. The Bertz CT molecular complexity index is 788. The summed E-state index contributed by atoms with van der Waals surface area (Å²) in [7, 11) is 0. The van der Waals surface area contributed by atoms with E-state index in [1.807, 2.05) is 0 Å². The first-order valence-corrected chi connectivity index (χ1v) is 21.3. The summed E-state index contributed by atoms with van der Waals surface area (Å²) in [5, 5.41) is 64.6. The molecule has 0 aliphatic carbocycles. The number of carbonyl (C=O) groups is 1. The summed E-state index contributed by atoms with van der Waals surface area (Å²) in [6.45, 7) is 3.65. The molecule has 0 radical (unpaired) electrons. The number of ether oxygens (including phenoxy) is 2. The van der Waals surface area contributed by atoms with Gasteiger partial charge in [0, 0.05) is 0 Å². The molecule has 10 heteroatoms. The van der Waals surface area contributed by atoms with Crippen molar-refractivity contribution in [2.45, 2.75) is 243 Å². The lowest BCUT2D eigenvalue weighted by Gasteiger charge is -2.40. The van der Waals surface area contributed by atoms with E-state index in [-0.39, 0.29) is 6.61 Å². The highest BCUT2D eigenvalue weighted by Gasteiger charge is 2.44. The Morgan fingerprint density at radius 2 is 0.980 bits per heavy atom. The summed E-state index contributed by atoms with van der Waals surface area (Å²) < 4.78 is 11.2. The number of amides is 1. The van der Waals surface area contributed by atoms with Crippen LogP contribution in [-0.2, 0) is 14.3 Å². The molecule has 0 spiro atoms. The molecule has 0 aromatic heterocycles. The van der Waals surface area contributed by atoms with Crippen LogP contribution in [0.25, 0.3) is 0 Å². The molecule has 1 saturated heterocycles. The van der Waals surface area contributed by atoms with Gasteiger partial charge in [0.15, 0.2) is 6.29 Å². The maximum absolute atomic E-state index is 13.0. The number of aliphatic hydroxyl groups excluding tert-OH is 6. The first-order chi connectivity index (χ1) is 24.8. The van der Waals surface area contributed by atoms with E-state index >= 15 is 0 Å². The van der Waals surface area contributed by atoms with Gasteiger partial charge in [-0.2, -0.15) is 0 Å². The fourth-order valence-corrected chi connectivity index (χ4v) is 6.99. The van der Waals surface area contributed by atoms with Crippen molar-refractivity contribution in [2.24, 2.45) is 0 Å². The van der Waals surface area contributed by atoms with Gasteiger partial charge in [-0.1, -0.05) is 181 Å². The zero-order valence-electron chi connectivity index (χ0n) is 32.7. The molecule has 10 nitrogen and oxygen atoms in total. The van der Waals surface area contributed by atoms with Crippen LogP contribution in [0.1, 0.15) is 194 Å². The summed E-state index contributed by atoms with van der Waals surface area (Å²) in [6.07, 6.45) is 22.9. The van der Waals surface area contributed by atoms with Gasteiger partial charge in [-0.05, 0) is 12.8 Å². The van der Waals surface area contributed by atoms with Crippen molar-refractivity contribution in [3.05, 3.63) is 0 Å². The van der Waals surface area contributed by atoms with Gasteiger partial charge in [0.25, 0.3) is 0 Å². The molecule has 0 aromatic rings. The van der Waals surface area contributed by atoms with Gasteiger partial charge in [0.2, 0.25) is 5.91 Å². The highest BCUT2D eigenvalue weighted by molar-refractivity contribution is 5.80. The second kappa shape index (κ2) is 32.6. The van der Waals surface area contributed by atoms with E-state index in [4.69, 9.17) is 9.47 Å². The molecular formula is C41H81NO9. The maximum Gasteiger partial charge on any atom is 0.249 e. The van der Waals surface area contributed by atoms with Crippen molar-refractivity contribution in [2.75, 3.05) is 13.2 Å². The summed E-state index contributed by atoms with van der Waals surface area (Å²) in [6, 6.07) is -0.886. The second-order valence-corrected chi connectivity index (χ2v) is 15.3. The Morgan fingerprint density at radius 3 is 1.39 bits per heavy atom. The molecule has 1 rings (SSSR count). The van der Waals surface area contributed by atoms with E-state index in [9.17, 15) is 35.4 Å². The quantitative estimate of drug-likeness (QED) is 0.0341. The van der Waals surface area contributed by atoms with Crippen molar-refractivity contribution in [1.29, 1.82) is 0 Å². The lowest BCUT2D eigenvalue weighted by Crippen LogP contribution is -2.60. The van der Waals surface area contributed by atoms with Crippen molar-refractivity contribution in [1.82, 2.24) is 5.32 Å². The van der Waals surface area contributed by atoms with Gasteiger partial charge >= 0.3 is 0 Å². The smallest absolute Gasteiger partial charge is 0.249 e. The highest BCUT2D eigenvalue weighted by atomic mass is 16.7. The van der Waals surface area contributed by atoms with Crippen LogP contribution >= 0.6 is 0 Å². The number of hydrogen-bond acceptors (Lipinski definition) is 9. The average Bonchev–Trinajstić information content (AvgIpc) is 3.13. The topological polar surface area (TPSA) is 169 Å². The summed E-state index contributed by atoms with van der Waals surface area (Å²) in [5.41, 5.74) is 0. The van der Waals surface area contributed by atoms with Gasteiger partial charge in [0.1, 0.15) is 30.5 Å². The zero-order valence-corrected chi connectivity index (χ0v) is 32.7. The van der Waals surface area contributed by atoms with Crippen LogP contribution in [0.4, 0.5) is 0 Å². The molecular weight excluding hydrogens is 650 g/mol. The second-order valence-electron chi connectivity index (χ2n) is 15.3. The standard InChI is InChI=1S/C41H81NO9/c1-3-5-7-9-11-13-15-17-19-21-23-25-27-29-34(44)33(32-50-41-39(48)38(47)37(46)36(31-43)51-41)42-40(49)35(45)30-28-26-24-22-20-18-16-14-12-10-8-6-4-2/h33-39,41,43-48H,3-32H2,1-2H3,(H,42,49). The SMILES string of the molecule is CCCCCCCCCCCCCCCC(O)C(=O)NC(COC1OC(CO)C(O)C(O)C1O)C(O)CCCCCCCCCCCCCCC. The molecule has 1 aliphatic heterocycles. The lowest BCUT2D eigenvalue weighted by molar-refractivity contribution is -0.302. The van der Waals surface area contributed by atoms with E-state index in [0.29, 0.717) is 12.8 Å². The summed E-state index contributed by atoms with van der Waals surface area (Å²) in [4.78, 5) is 13.0. The third-order valence-corrected chi connectivity index (χ3v) is 10.6. The molecule has 304 valence electrons. The van der Waals surface area contributed by atoms with Crippen LogP contribution in [0, 0.1) is 0 Å². The number of hydrogen-bond donors (Lipinski definition) is 7. The Labute approximate surface area is 311 Å². The normalized spacial score (nSPS) is 22.5. The van der Waals surface area contributed by atoms with Crippen molar-refractivity contribution < 1.29 is 44.9 Å². The van der Waals surface area contributed by atoms with Gasteiger partial charge < -0.3 is 45.4 Å². The van der Waals surface area contributed by atoms with E-state index in [0.717, 1.165) is 44.9 Å². The van der Waals surface area contributed by atoms with E-state index < -0.39 is 61.5 Å². The molecule has 1 amide bonds. The molecule has 1 heterocycles. The number of aliphatic hydroxyl groups is 6. The number of nitrogens with one attached hydrogen (secondary N) is 1. The highest BCUT2D eigenvalue weighted by Crippen LogP contribution is 2.23. The number of rotatable bonds is 35. The van der Waals surface area contributed by atoms with E-state index in [1.165, 1.54) is 122 Å². The number of unbranched alkanes of at least 4 members (excludes halogenated alkanes) is 24. The minimum absolute atomic E-state index is 0.250. The molecule has 7 N–H and O–H groups in total. The Balaban J connectivity index is 2.44. The molecule has 0 aromatic carbocycles. The minimum atomic E-state index is -1.59. The van der Waals surface area contributed by atoms with Crippen molar-refractivity contribution >= 4 is 5.91 Å². The third kappa shape index (κ3) is 23.5. The van der Waals surface area contributed by atoms with Crippen LogP contribution in [-0.4, -0.2) is 98.7 Å². The average molecular weight is 732 g/mol. The van der Waals surface area contributed by atoms with Gasteiger partial charge in [0.05, 0.1) is 25.4 Å². The zero-order chi connectivity index (χ0) is 37.5. The minimum Gasteiger partial charge on any atom is -0.394 e. The Kier molecular flexibility index (Phi) is 30.8. The van der Waals surface area contributed by atoms with Crippen molar-refractivity contribution in [3.8, 4) is 0 Å². The molecule has 1 aliphatic rings.